The molecule has 6 nitrogen and oxygen atoms in total. The molecule has 1 amide bonds. The van der Waals surface area contributed by atoms with Crippen molar-refractivity contribution in [2.45, 2.75) is 26.9 Å². The van der Waals surface area contributed by atoms with E-state index in [1.54, 1.807) is 18.3 Å². The second-order valence-corrected chi connectivity index (χ2v) is 7.53. The molecule has 0 atom stereocenters. The molecule has 0 aliphatic rings. The minimum Gasteiger partial charge on any atom is -0.494 e. The van der Waals surface area contributed by atoms with Crippen molar-refractivity contribution < 1.29 is 14.3 Å². The maximum atomic E-state index is 12.4. The lowest BCUT2D eigenvalue weighted by Gasteiger charge is -2.08. The number of hydrazone groups is 1. The number of carbonyl (C=O) groups excluding carboxylic acids is 1. The lowest BCUT2D eigenvalue weighted by molar-refractivity contribution is 0.0955. The number of rotatable bonds is 9. The van der Waals surface area contributed by atoms with E-state index >= 15 is 0 Å². The molecule has 0 radical (unpaired) electrons. The highest BCUT2D eigenvalue weighted by molar-refractivity contribution is 6.01. The van der Waals surface area contributed by atoms with Crippen LogP contribution < -0.4 is 14.9 Å². The Bertz CT molecular complexity index is 1240. The van der Waals surface area contributed by atoms with Crippen LogP contribution >= 0.6 is 0 Å². The van der Waals surface area contributed by atoms with Gasteiger partial charge in [-0.2, -0.15) is 5.10 Å². The van der Waals surface area contributed by atoms with Crippen LogP contribution in [0.1, 0.15) is 40.9 Å². The van der Waals surface area contributed by atoms with E-state index in [0.717, 1.165) is 39.9 Å². The first kappa shape index (κ1) is 22.1. The van der Waals surface area contributed by atoms with Crippen LogP contribution in [-0.2, 0) is 13.0 Å². The van der Waals surface area contributed by atoms with E-state index in [0.29, 0.717) is 18.8 Å². The number of ether oxygens (including phenoxy) is 2. The van der Waals surface area contributed by atoms with Crippen molar-refractivity contribution in [2.24, 2.45) is 5.10 Å². The first-order valence-corrected chi connectivity index (χ1v) is 11.0. The molecule has 0 aliphatic heterocycles. The van der Waals surface area contributed by atoms with Crippen LogP contribution in [0.4, 0.5) is 0 Å². The highest BCUT2D eigenvalue weighted by Gasteiger charge is 2.07. The lowest BCUT2D eigenvalue weighted by atomic mass is 10.1. The molecule has 0 bridgehead atoms. The molecule has 4 rings (SSSR count). The maximum Gasteiger partial charge on any atom is 0.271 e. The number of benzene rings is 3. The van der Waals surface area contributed by atoms with E-state index in [4.69, 9.17) is 9.47 Å². The zero-order chi connectivity index (χ0) is 23.0. The standard InChI is InChI=1S/C27H27N3O3/c1-3-20-6-5-7-25-22(16-28-26(20)25)17-29-30-27(31)21-10-8-19(9-11-21)18-33-24-14-12-23(13-15-24)32-4-2/h5-17,28H,3-4,18H2,1-2H3,(H,30,31)/b29-17+. The Balaban J connectivity index is 1.32. The van der Waals surface area contributed by atoms with Crippen molar-refractivity contribution in [2.75, 3.05) is 6.61 Å². The second kappa shape index (κ2) is 10.5. The Morgan fingerprint density at radius 3 is 2.39 bits per heavy atom. The predicted octanol–water partition coefficient (Wildman–Crippen LogP) is 5.47. The van der Waals surface area contributed by atoms with Gasteiger partial charge in [-0.15, -0.1) is 0 Å². The largest absolute Gasteiger partial charge is 0.494 e. The molecule has 3 aromatic carbocycles. The van der Waals surface area contributed by atoms with Crippen LogP contribution in [0.3, 0.4) is 0 Å². The van der Waals surface area contributed by atoms with E-state index in [-0.39, 0.29) is 5.91 Å². The fourth-order valence-corrected chi connectivity index (χ4v) is 3.58. The summed E-state index contributed by atoms with van der Waals surface area (Å²) in [4.78, 5) is 15.7. The quantitative estimate of drug-likeness (QED) is 0.267. The molecule has 0 aliphatic carbocycles. The van der Waals surface area contributed by atoms with E-state index in [1.807, 2.05) is 61.7 Å². The van der Waals surface area contributed by atoms with Gasteiger partial charge in [0.2, 0.25) is 0 Å². The number of amides is 1. The molecule has 0 unspecified atom stereocenters. The van der Waals surface area contributed by atoms with Crippen molar-refractivity contribution in [1.29, 1.82) is 0 Å². The fourth-order valence-electron chi connectivity index (χ4n) is 3.58. The summed E-state index contributed by atoms with van der Waals surface area (Å²) >= 11 is 0. The SMILES string of the molecule is CCOc1ccc(OCc2ccc(C(=O)N/N=C/c3c[nH]c4c(CC)cccc34)cc2)cc1. The first-order chi connectivity index (χ1) is 16.2. The van der Waals surface area contributed by atoms with Crippen molar-refractivity contribution in [3.05, 3.63) is 95.2 Å². The predicted molar refractivity (Wildman–Crippen MR) is 131 cm³/mol. The van der Waals surface area contributed by atoms with Crippen molar-refractivity contribution in [3.63, 3.8) is 0 Å². The van der Waals surface area contributed by atoms with Gasteiger partial charge in [0.05, 0.1) is 12.8 Å². The molecular weight excluding hydrogens is 414 g/mol. The van der Waals surface area contributed by atoms with Gasteiger partial charge in [-0.25, -0.2) is 5.43 Å². The third-order valence-corrected chi connectivity index (χ3v) is 5.34. The molecular formula is C27H27N3O3. The molecule has 168 valence electrons. The molecule has 0 saturated heterocycles. The number of hydrogen-bond acceptors (Lipinski definition) is 4. The number of H-pyrrole nitrogens is 1. The summed E-state index contributed by atoms with van der Waals surface area (Å²) in [6, 6.07) is 21.0. The minimum atomic E-state index is -0.265. The van der Waals surface area contributed by atoms with Crippen molar-refractivity contribution in [1.82, 2.24) is 10.4 Å². The Kier molecular flexibility index (Phi) is 7.05. The summed E-state index contributed by atoms with van der Waals surface area (Å²) in [5.41, 5.74) is 7.39. The van der Waals surface area contributed by atoms with Gasteiger partial charge in [0.1, 0.15) is 18.1 Å². The highest BCUT2D eigenvalue weighted by Crippen LogP contribution is 2.21. The van der Waals surface area contributed by atoms with Gasteiger partial charge < -0.3 is 14.5 Å². The van der Waals surface area contributed by atoms with Gasteiger partial charge >= 0.3 is 0 Å². The van der Waals surface area contributed by atoms with Crippen LogP contribution in [0.2, 0.25) is 0 Å². The van der Waals surface area contributed by atoms with Crippen LogP contribution in [-0.4, -0.2) is 23.7 Å². The number of fused-ring (bicyclic) bond motifs is 1. The lowest BCUT2D eigenvalue weighted by Crippen LogP contribution is -2.17. The van der Waals surface area contributed by atoms with Crippen LogP contribution in [0.5, 0.6) is 11.5 Å². The maximum absolute atomic E-state index is 12.4. The molecule has 0 spiro atoms. The third kappa shape index (κ3) is 5.41. The third-order valence-electron chi connectivity index (χ3n) is 5.34. The first-order valence-electron chi connectivity index (χ1n) is 11.0. The van der Waals surface area contributed by atoms with Crippen LogP contribution in [0.25, 0.3) is 10.9 Å². The number of nitrogens with zero attached hydrogens (tertiary/aromatic N) is 1. The molecule has 4 aromatic rings. The topological polar surface area (TPSA) is 75.7 Å². The van der Waals surface area contributed by atoms with Crippen molar-refractivity contribution in [3.8, 4) is 11.5 Å². The second-order valence-electron chi connectivity index (χ2n) is 7.53. The summed E-state index contributed by atoms with van der Waals surface area (Å²) in [6.07, 6.45) is 4.51. The summed E-state index contributed by atoms with van der Waals surface area (Å²) < 4.78 is 11.2. The zero-order valence-electron chi connectivity index (χ0n) is 18.8. The number of aryl methyl sites for hydroxylation is 1. The Morgan fingerprint density at radius 1 is 0.970 bits per heavy atom. The summed E-state index contributed by atoms with van der Waals surface area (Å²) in [7, 11) is 0. The Morgan fingerprint density at radius 2 is 1.70 bits per heavy atom. The molecule has 0 saturated carbocycles. The number of para-hydroxylation sites is 1. The van der Waals surface area contributed by atoms with E-state index in [1.165, 1.54) is 5.56 Å². The number of hydrogen-bond donors (Lipinski definition) is 2. The number of aromatic amines is 1. The van der Waals surface area contributed by atoms with Crippen LogP contribution in [0.15, 0.2) is 78.0 Å². The average Bonchev–Trinajstić information content (AvgIpc) is 3.27. The highest BCUT2D eigenvalue weighted by atomic mass is 16.5. The van der Waals surface area contributed by atoms with E-state index < -0.39 is 0 Å². The molecule has 2 N–H and O–H groups in total. The van der Waals surface area contributed by atoms with Gasteiger partial charge in [0.25, 0.3) is 5.91 Å². The normalized spacial score (nSPS) is 11.1. The minimum absolute atomic E-state index is 0.265. The molecule has 1 aromatic heterocycles. The van der Waals surface area contributed by atoms with Crippen molar-refractivity contribution >= 4 is 23.0 Å². The van der Waals surface area contributed by atoms with Gasteiger partial charge in [-0.3, -0.25) is 4.79 Å². The van der Waals surface area contributed by atoms with Gasteiger partial charge in [0.15, 0.2) is 0 Å². The van der Waals surface area contributed by atoms with E-state index in [9.17, 15) is 4.79 Å². The number of aromatic nitrogens is 1. The summed E-state index contributed by atoms with van der Waals surface area (Å²) in [5.74, 6) is 1.32. The summed E-state index contributed by atoms with van der Waals surface area (Å²) in [6.45, 7) is 5.12. The van der Waals surface area contributed by atoms with Gasteiger partial charge in [0, 0.05) is 28.2 Å². The molecule has 6 heteroatoms. The Hall–Kier alpha value is -4.06. The molecule has 0 fully saturated rings. The smallest absolute Gasteiger partial charge is 0.271 e. The monoisotopic (exact) mass is 441 g/mol. The number of nitrogens with one attached hydrogen (secondary N) is 2. The molecule has 1 heterocycles. The number of carbonyl (C=O) groups is 1. The summed E-state index contributed by atoms with van der Waals surface area (Å²) in [5, 5.41) is 5.22. The molecule has 33 heavy (non-hydrogen) atoms. The fraction of sp³-hybridized carbons (Fsp3) is 0.185. The van der Waals surface area contributed by atoms with Crippen LogP contribution in [0, 0.1) is 0 Å². The average molecular weight is 442 g/mol. The van der Waals surface area contributed by atoms with E-state index in [2.05, 4.69) is 28.5 Å². The zero-order valence-corrected chi connectivity index (χ0v) is 18.8. The van der Waals surface area contributed by atoms with Gasteiger partial charge in [-0.05, 0) is 60.9 Å². The van der Waals surface area contributed by atoms with Gasteiger partial charge in [-0.1, -0.05) is 37.3 Å². The Labute approximate surface area is 193 Å².